The predicted octanol–water partition coefficient (Wildman–Crippen LogP) is 2.04. The van der Waals surface area contributed by atoms with E-state index in [9.17, 15) is 0 Å². The van der Waals surface area contributed by atoms with E-state index < -0.39 is 0 Å². The number of pyridine rings is 1. The fraction of sp³-hybridized carbons (Fsp3) is 0.583. The fourth-order valence-corrected chi connectivity index (χ4v) is 2.07. The van der Waals surface area contributed by atoms with E-state index >= 15 is 0 Å². The van der Waals surface area contributed by atoms with E-state index in [1.165, 1.54) is 5.56 Å². The van der Waals surface area contributed by atoms with Crippen LogP contribution in [0.4, 0.5) is 5.82 Å². The molecule has 0 spiro atoms. The third-order valence-corrected chi connectivity index (χ3v) is 2.91. The highest BCUT2D eigenvalue weighted by molar-refractivity contribution is 9.10. The highest BCUT2D eigenvalue weighted by Crippen LogP contribution is 2.20. The van der Waals surface area contributed by atoms with Gasteiger partial charge in [-0.1, -0.05) is 0 Å². The number of anilines is 1. The normalized spacial score (nSPS) is 10.6. The molecule has 4 nitrogen and oxygen atoms in total. The van der Waals surface area contributed by atoms with Crippen molar-refractivity contribution in [1.29, 1.82) is 0 Å². The van der Waals surface area contributed by atoms with Crippen LogP contribution in [0.2, 0.25) is 0 Å². The molecule has 0 bridgehead atoms. The van der Waals surface area contributed by atoms with Gasteiger partial charge in [0.15, 0.2) is 0 Å². The number of aromatic nitrogens is 1. The Hall–Kier alpha value is -0.650. The lowest BCUT2D eigenvalue weighted by atomic mass is 10.2. The smallest absolute Gasteiger partial charge is 0.132 e. The van der Waals surface area contributed by atoms with Crippen molar-refractivity contribution in [2.45, 2.75) is 13.0 Å². The van der Waals surface area contributed by atoms with Gasteiger partial charge in [0.25, 0.3) is 0 Å². The van der Waals surface area contributed by atoms with Crippen LogP contribution in [-0.4, -0.2) is 39.3 Å². The van der Waals surface area contributed by atoms with E-state index in [0.717, 1.165) is 36.4 Å². The molecule has 0 unspecified atom stereocenters. The summed E-state index contributed by atoms with van der Waals surface area (Å²) >= 11 is 3.45. The monoisotopic (exact) mass is 301 g/mol. The maximum absolute atomic E-state index is 5.06. The molecule has 0 aromatic carbocycles. The van der Waals surface area contributed by atoms with Gasteiger partial charge in [-0.25, -0.2) is 4.98 Å². The second-order valence-corrected chi connectivity index (χ2v) is 4.85. The van der Waals surface area contributed by atoms with Gasteiger partial charge >= 0.3 is 0 Å². The van der Waals surface area contributed by atoms with Crippen molar-refractivity contribution in [3.05, 3.63) is 22.3 Å². The Labute approximate surface area is 111 Å². The van der Waals surface area contributed by atoms with Crippen molar-refractivity contribution < 1.29 is 4.74 Å². The Balaban J connectivity index is 2.73. The van der Waals surface area contributed by atoms with Gasteiger partial charge in [-0.05, 0) is 35.5 Å². The molecule has 1 rings (SSSR count). The third kappa shape index (κ3) is 4.61. The van der Waals surface area contributed by atoms with E-state index in [2.05, 4.69) is 44.2 Å². The number of hydrogen-bond donors (Lipinski definition) is 1. The van der Waals surface area contributed by atoms with Gasteiger partial charge in [0.2, 0.25) is 0 Å². The van der Waals surface area contributed by atoms with Crippen LogP contribution in [0.5, 0.6) is 0 Å². The first kappa shape index (κ1) is 14.4. The Morgan fingerprint density at radius 1 is 1.53 bits per heavy atom. The number of nitrogens with one attached hydrogen (secondary N) is 1. The van der Waals surface area contributed by atoms with Gasteiger partial charge in [-0.2, -0.15) is 0 Å². The summed E-state index contributed by atoms with van der Waals surface area (Å²) in [5.74, 6) is 1.03. The maximum Gasteiger partial charge on any atom is 0.132 e. The number of methoxy groups -OCH3 is 1. The van der Waals surface area contributed by atoms with Crippen molar-refractivity contribution in [3.8, 4) is 0 Å². The highest BCUT2D eigenvalue weighted by atomic mass is 79.9. The molecule has 0 radical (unpaired) electrons. The summed E-state index contributed by atoms with van der Waals surface area (Å²) in [6.07, 6.45) is 2.84. The largest absolute Gasteiger partial charge is 0.385 e. The molecular formula is C12H20BrN3O. The maximum atomic E-state index is 5.06. The van der Waals surface area contributed by atoms with Gasteiger partial charge in [-0.15, -0.1) is 0 Å². The van der Waals surface area contributed by atoms with Crippen molar-refractivity contribution in [2.24, 2.45) is 0 Å². The van der Waals surface area contributed by atoms with Crippen LogP contribution in [0.1, 0.15) is 12.0 Å². The van der Waals surface area contributed by atoms with E-state index in [1.54, 1.807) is 7.11 Å². The van der Waals surface area contributed by atoms with E-state index in [4.69, 9.17) is 4.74 Å². The summed E-state index contributed by atoms with van der Waals surface area (Å²) in [6.45, 7) is 2.54. The van der Waals surface area contributed by atoms with Gasteiger partial charge in [-0.3, -0.25) is 0 Å². The third-order valence-electron chi connectivity index (χ3n) is 2.48. The summed E-state index contributed by atoms with van der Waals surface area (Å²) in [5.41, 5.74) is 1.20. The number of nitrogens with zero attached hydrogens (tertiary/aromatic N) is 2. The molecular weight excluding hydrogens is 282 g/mol. The lowest BCUT2D eigenvalue weighted by molar-refractivity contribution is 0.196. The van der Waals surface area contributed by atoms with Crippen LogP contribution in [0, 0.1) is 0 Å². The van der Waals surface area contributed by atoms with Crippen LogP contribution < -0.4 is 10.2 Å². The molecule has 0 fully saturated rings. The average molecular weight is 302 g/mol. The molecule has 1 N–H and O–H groups in total. The van der Waals surface area contributed by atoms with Gasteiger partial charge in [0.05, 0.1) is 0 Å². The quantitative estimate of drug-likeness (QED) is 0.782. The Bertz CT molecular complexity index is 347. The lowest BCUT2D eigenvalue weighted by Gasteiger charge is -2.21. The summed E-state index contributed by atoms with van der Waals surface area (Å²) in [5, 5.41) is 3.16. The topological polar surface area (TPSA) is 37.4 Å². The van der Waals surface area contributed by atoms with Crippen LogP contribution in [-0.2, 0) is 11.3 Å². The van der Waals surface area contributed by atoms with E-state index in [-0.39, 0.29) is 0 Å². The SMILES string of the molecule is CNCc1cc(Br)cnc1N(C)CCCOC. The molecule has 96 valence electrons. The molecule has 5 heteroatoms. The minimum Gasteiger partial charge on any atom is -0.385 e. The molecule has 0 aliphatic carbocycles. The lowest BCUT2D eigenvalue weighted by Crippen LogP contribution is -2.23. The van der Waals surface area contributed by atoms with E-state index in [1.807, 2.05) is 13.2 Å². The van der Waals surface area contributed by atoms with Crippen LogP contribution >= 0.6 is 15.9 Å². The molecule has 17 heavy (non-hydrogen) atoms. The molecule has 1 heterocycles. The average Bonchev–Trinajstić information content (AvgIpc) is 2.30. The Morgan fingerprint density at radius 3 is 2.94 bits per heavy atom. The second-order valence-electron chi connectivity index (χ2n) is 3.93. The zero-order valence-electron chi connectivity index (χ0n) is 10.7. The summed E-state index contributed by atoms with van der Waals surface area (Å²) < 4.78 is 6.07. The van der Waals surface area contributed by atoms with Crippen LogP contribution in [0.15, 0.2) is 16.7 Å². The van der Waals surface area contributed by atoms with Gasteiger partial charge < -0.3 is 15.0 Å². The molecule has 0 saturated heterocycles. The zero-order valence-corrected chi connectivity index (χ0v) is 12.2. The minimum absolute atomic E-state index is 0.780. The first-order valence-corrected chi connectivity index (χ1v) is 6.47. The standard InChI is InChI=1S/C12H20BrN3O/c1-14-8-10-7-11(13)9-15-12(10)16(2)5-4-6-17-3/h7,9,14H,4-6,8H2,1-3H3. The molecule has 0 atom stereocenters. The summed E-state index contributed by atoms with van der Waals surface area (Å²) in [7, 11) is 5.73. The zero-order chi connectivity index (χ0) is 12.7. The Kier molecular flexibility index (Phi) is 6.47. The number of halogens is 1. The molecule has 0 saturated carbocycles. The van der Waals surface area contributed by atoms with Crippen molar-refractivity contribution in [1.82, 2.24) is 10.3 Å². The van der Waals surface area contributed by atoms with Crippen molar-refractivity contribution in [2.75, 3.05) is 39.3 Å². The highest BCUT2D eigenvalue weighted by Gasteiger charge is 2.09. The van der Waals surface area contributed by atoms with E-state index in [0.29, 0.717) is 0 Å². The first-order valence-electron chi connectivity index (χ1n) is 5.68. The molecule has 0 aliphatic rings. The second kappa shape index (κ2) is 7.63. The molecule has 0 aliphatic heterocycles. The number of rotatable bonds is 7. The molecule has 1 aromatic rings. The van der Waals surface area contributed by atoms with Crippen molar-refractivity contribution in [3.63, 3.8) is 0 Å². The van der Waals surface area contributed by atoms with Gasteiger partial charge in [0, 0.05) is 50.1 Å². The van der Waals surface area contributed by atoms with Crippen LogP contribution in [0.3, 0.4) is 0 Å². The molecule has 1 aromatic heterocycles. The molecule has 0 amide bonds. The van der Waals surface area contributed by atoms with Crippen molar-refractivity contribution >= 4 is 21.7 Å². The Morgan fingerprint density at radius 2 is 2.29 bits per heavy atom. The van der Waals surface area contributed by atoms with Crippen LogP contribution in [0.25, 0.3) is 0 Å². The number of ether oxygens (including phenoxy) is 1. The number of hydrogen-bond acceptors (Lipinski definition) is 4. The minimum atomic E-state index is 0.780. The van der Waals surface area contributed by atoms with Gasteiger partial charge in [0.1, 0.15) is 5.82 Å². The fourth-order valence-electron chi connectivity index (χ4n) is 1.69. The predicted molar refractivity (Wildman–Crippen MR) is 74.5 cm³/mol. The summed E-state index contributed by atoms with van der Waals surface area (Å²) in [4.78, 5) is 6.64. The summed E-state index contributed by atoms with van der Waals surface area (Å²) in [6, 6.07) is 2.10. The first-order chi connectivity index (χ1) is 8.19.